The Morgan fingerprint density at radius 1 is 1.04 bits per heavy atom. The molecule has 0 saturated carbocycles. The minimum absolute atomic E-state index is 0.412. The van der Waals surface area contributed by atoms with E-state index >= 15 is 0 Å². The van der Waals surface area contributed by atoms with Gasteiger partial charge in [0.1, 0.15) is 5.82 Å². The van der Waals surface area contributed by atoms with Crippen LogP contribution in [0.15, 0.2) is 12.4 Å². The maximum Gasteiger partial charge on any atom is 0.225 e. The largest absolute Gasteiger partial charge is 0.378 e. The van der Waals surface area contributed by atoms with Gasteiger partial charge in [-0.25, -0.2) is 15.0 Å². The molecule has 7 nitrogen and oxygen atoms in total. The normalized spacial score (nSPS) is 23.2. The number of morpholine rings is 1. The maximum atomic E-state index is 5.42. The lowest BCUT2D eigenvalue weighted by Crippen LogP contribution is -2.37. The molecule has 3 aliphatic rings. The van der Waals surface area contributed by atoms with Crippen molar-refractivity contribution in [3.8, 4) is 0 Å². The zero-order valence-corrected chi connectivity index (χ0v) is 16.8. The van der Waals surface area contributed by atoms with Crippen LogP contribution in [0.25, 0.3) is 0 Å². The molecular weight excluding hydrogens is 352 g/mol. The number of nitrogens with zero attached hydrogens (tertiary/aromatic N) is 6. The van der Waals surface area contributed by atoms with E-state index in [0.717, 1.165) is 51.8 Å². The molecule has 4 heterocycles. The number of fused-ring (bicyclic) bond motifs is 1. The van der Waals surface area contributed by atoms with Crippen LogP contribution < -0.4 is 4.90 Å². The number of aromatic nitrogens is 4. The summed E-state index contributed by atoms with van der Waals surface area (Å²) < 4.78 is 7.80. The number of hydrogen-bond donors (Lipinski definition) is 0. The van der Waals surface area contributed by atoms with E-state index in [2.05, 4.69) is 31.4 Å². The number of ether oxygens (including phenoxy) is 1. The SMILES string of the molecule is Cn1c([C@H]2CCCN2Cc2cnc(N3CCOCC3)nc2)nc2c1CCCC2. The van der Waals surface area contributed by atoms with E-state index in [1.165, 1.54) is 54.9 Å². The molecule has 0 bridgehead atoms. The first-order chi connectivity index (χ1) is 13.8. The smallest absolute Gasteiger partial charge is 0.225 e. The van der Waals surface area contributed by atoms with Gasteiger partial charge in [-0.3, -0.25) is 4.90 Å². The number of aryl methyl sites for hydroxylation is 1. The van der Waals surface area contributed by atoms with E-state index in [1.54, 1.807) is 0 Å². The molecule has 2 aromatic heterocycles. The molecule has 2 saturated heterocycles. The Morgan fingerprint density at radius 2 is 1.82 bits per heavy atom. The van der Waals surface area contributed by atoms with Crippen molar-refractivity contribution in [1.82, 2.24) is 24.4 Å². The summed E-state index contributed by atoms with van der Waals surface area (Å²) in [6.45, 7) is 5.27. The predicted molar refractivity (Wildman–Crippen MR) is 107 cm³/mol. The van der Waals surface area contributed by atoms with Gasteiger partial charge in [-0.15, -0.1) is 0 Å². The van der Waals surface area contributed by atoms with Crippen molar-refractivity contribution in [2.24, 2.45) is 7.05 Å². The van der Waals surface area contributed by atoms with Crippen molar-refractivity contribution in [3.05, 3.63) is 35.2 Å². The highest BCUT2D eigenvalue weighted by Crippen LogP contribution is 2.34. The molecule has 0 amide bonds. The highest BCUT2D eigenvalue weighted by Gasteiger charge is 2.31. The van der Waals surface area contributed by atoms with Gasteiger partial charge in [0, 0.05) is 50.3 Å². The van der Waals surface area contributed by atoms with E-state index in [1.807, 2.05) is 12.4 Å². The molecule has 28 heavy (non-hydrogen) atoms. The standard InChI is InChI=1S/C21H30N6O/c1-25-18-6-3-2-5-17(18)24-20(25)19-7-4-8-27(19)15-16-13-22-21(23-14-16)26-9-11-28-12-10-26/h13-14,19H,2-12,15H2,1H3/t19-/m1/s1. The lowest BCUT2D eigenvalue weighted by atomic mass is 10.0. The molecule has 2 aliphatic heterocycles. The van der Waals surface area contributed by atoms with E-state index in [4.69, 9.17) is 9.72 Å². The second-order valence-electron chi connectivity index (χ2n) is 8.25. The van der Waals surface area contributed by atoms with Gasteiger partial charge in [0.2, 0.25) is 5.95 Å². The predicted octanol–water partition coefficient (Wildman–Crippen LogP) is 2.26. The molecule has 7 heteroatoms. The average molecular weight is 383 g/mol. The van der Waals surface area contributed by atoms with Crippen molar-refractivity contribution in [3.63, 3.8) is 0 Å². The minimum Gasteiger partial charge on any atom is -0.378 e. The summed E-state index contributed by atoms with van der Waals surface area (Å²) in [5, 5.41) is 0. The Kier molecular flexibility index (Phi) is 5.03. The molecule has 0 N–H and O–H groups in total. The zero-order chi connectivity index (χ0) is 18.9. The first-order valence-corrected chi connectivity index (χ1v) is 10.7. The van der Waals surface area contributed by atoms with Gasteiger partial charge in [-0.05, 0) is 45.1 Å². The highest BCUT2D eigenvalue weighted by atomic mass is 16.5. The molecule has 150 valence electrons. The molecule has 0 radical (unpaired) electrons. The number of hydrogen-bond acceptors (Lipinski definition) is 6. The van der Waals surface area contributed by atoms with Gasteiger partial charge in [0.05, 0.1) is 24.9 Å². The summed E-state index contributed by atoms with van der Waals surface area (Å²) >= 11 is 0. The Labute approximate surface area is 166 Å². The molecule has 0 aromatic carbocycles. The Hall–Kier alpha value is -1.99. The lowest BCUT2D eigenvalue weighted by Gasteiger charge is -2.27. The van der Waals surface area contributed by atoms with Gasteiger partial charge in [0.25, 0.3) is 0 Å². The summed E-state index contributed by atoms with van der Waals surface area (Å²) in [6.07, 6.45) is 11.3. The van der Waals surface area contributed by atoms with E-state index in [-0.39, 0.29) is 0 Å². The Morgan fingerprint density at radius 3 is 2.61 bits per heavy atom. The first kappa shape index (κ1) is 18.1. The van der Waals surface area contributed by atoms with E-state index < -0.39 is 0 Å². The third kappa shape index (κ3) is 3.42. The minimum atomic E-state index is 0.412. The second-order valence-corrected chi connectivity index (χ2v) is 8.25. The molecule has 0 unspecified atom stereocenters. The second kappa shape index (κ2) is 7.79. The summed E-state index contributed by atoms with van der Waals surface area (Å²) in [5.41, 5.74) is 3.99. The summed E-state index contributed by atoms with van der Waals surface area (Å²) in [6, 6.07) is 0.412. The number of rotatable bonds is 4. The monoisotopic (exact) mass is 382 g/mol. The summed E-state index contributed by atoms with van der Waals surface area (Å²) in [7, 11) is 2.21. The molecular formula is C21H30N6O. The Bertz CT molecular complexity index is 811. The van der Waals surface area contributed by atoms with E-state index in [9.17, 15) is 0 Å². The first-order valence-electron chi connectivity index (χ1n) is 10.7. The van der Waals surface area contributed by atoms with Crippen molar-refractivity contribution in [2.75, 3.05) is 37.7 Å². The van der Waals surface area contributed by atoms with Crippen LogP contribution in [0.4, 0.5) is 5.95 Å². The molecule has 5 rings (SSSR count). The Balaban J connectivity index is 1.30. The van der Waals surface area contributed by atoms with E-state index in [0.29, 0.717) is 6.04 Å². The van der Waals surface area contributed by atoms with Gasteiger partial charge < -0.3 is 14.2 Å². The molecule has 1 aliphatic carbocycles. The topological polar surface area (TPSA) is 59.3 Å². The van der Waals surface area contributed by atoms with Crippen LogP contribution >= 0.6 is 0 Å². The van der Waals surface area contributed by atoms with Gasteiger partial charge in [0.15, 0.2) is 0 Å². The molecule has 0 spiro atoms. The van der Waals surface area contributed by atoms with Crippen LogP contribution in [0.3, 0.4) is 0 Å². The van der Waals surface area contributed by atoms with Crippen LogP contribution in [-0.4, -0.2) is 57.3 Å². The average Bonchev–Trinajstić information content (AvgIpc) is 3.33. The fraction of sp³-hybridized carbons (Fsp3) is 0.667. The van der Waals surface area contributed by atoms with Crippen molar-refractivity contribution < 1.29 is 4.74 Å². The molecule has 1 atom stereocenters. The quantitative estimate of drug-likeness (QED) is 0.808. The lowest BCUT2D eigenvalue weighted by molar-refractivity contribution is 0.122. The fourth-order valence-electron chi connectivity index (χ4n) is 4.90. The van der Waals surface area contributed by atoms with Crippen LogP contribution in [0.1, 0.15) is 54.5 Å². The third-order valence-electron chi connectivity index (χ3n) is 6.44. The van der Waals surface area contributed by atoms with Gasteiger partial charge >= 0.3 is 0 Å². The maximum absolute atomic E-state index is 5.42. The third-order valence-corrected chi connectivity index (χ3v) is 6.44. The van der Waals surface area contributed by atoms with Crippen LogP contribution in [0.5, 0.6) is 0 Å². The molecule has 2 fully saturated rings. The zero-order valence-electron chi connectivity index (χ0n) is 16.8. The van der Waals surface area contributed by atoms with Crippen molar-refractivity contribution in [1.29, 1.82) is 0 Å². The molecule has 2 aromatic rings. The van der Waals surface area contributed by atoms with Gasteiger partial charge in [-0.1, -0.05) is 0 Å². The highest BCUT2D eigenvalue weighted by molar-refractivity contribution is 5.30. The number of likely N-dealkylation sites (tertiary alicyclic amines) is 1. The number of anilines is 1. The summed E-state index contributed by atoms with van der Waals surface area (Å²) in [5.74, 6) is 2.08. The van der Waals surface area contributed by atoms with Crippen LogP contribution in [0.2, 0.25) is 0 Å². The summed E-state index contributed by atoms with van der Waals surface area (Å²) in [4.78, 5) is 19.1. The number of imidazole rings is 1. The van der Waals surface area contributed by atoms with Crippen molar-refractivity contribution >= 4 is 5.95 Å². The fourth-order valence-corrected chi connectivity index (χ4v) is 4.90. The van der Waals surface area contributed by atoms with Crippen molar-refractivity contribution in [2.45, 2.75) is 51.1 Å². The van der Waals surface area contributed by atoms with Crippen LogP contribution in [-0.2, 0) is 31.2 Å². The van der Waals surface area contributed by atoms with Crippen LogP contribution in [0, 0.1) is 0 Å². The van der Waals surface area contributed by atoms with Gasteiger partial charge in [-0.2, -0.15) is 0 Å².